The molecule has 8 rings (SSSR count). The zero-order valence-corrected chi connectivity index (χ0v) is 28.3. The van der Waals surface area contributed by atoms with E-state index >= 15 is 0 Å². The van der Waals surface area contributed by atoms with Crippen LogP contribution in [0.25, 0.3) is 66.6 Å². The predicted molar refractivity (Wildman–Crippen MR) is 182 cm³/mol. The summed E-state index contributed by atoms with van der Waals surface area (Å²) in [5.41, 5.74) is 12.9. The van der Waals surface area contributed by atoms with Crippen molar-refractivity contribution >= 4 is 33.0 Å². The third kappa shape index (κ3) is 6.10. The van der Waals surface area contributed by atoms with Gasteiger partial charge in [-0.05, 0) is 84.7 Å². The van der Waals surface area contributed by atoms with E-state index in [4.69, 9.17) is 4.42 Å². The van der Waals surface area contributed by atoms with Crippen molar-refractivity contribution in [3.63, 3.8) is 0 Å². The number of aromatic nitrogens is 4. The number of rotatable bonds is 3. The second-order valence-corrected chi connectivity index (χ2v) is 11.2. The number of hydrogen-bond donors (Lipinski definition) is 0. The van der Waals surface area contributed by atoms with Crippen LogP contribution in [0.3, 0.4) is 0 Å². The van der Waals surface area contributed by atoms with Crippen molar-refractivity contribution in [1.29, 1.82) is 0 Å². The molecule has 0 aliphatic carbocycles. The van der Waals surface area contributed by atoms with Gasteiger partial charge < -0.3 is 14.4 Å². The molecule has 5 heterocycles. The molecular formula is C40H30IrN4O-2. The predicted octanol–water partition coefficient (Wildman–Crippen LogP) is 9.84. The Morgan fingerprint density at radius 2 is 1.54 bits per heavy atom. The van der Waals surface area contributed by atoms with Crippen LogP contribution in [0.2, 0.25) is 0 Å². The van der Waals surface area contributed by atoms with Gasteiger partial charge in [0.1, 0.15) is 0 Å². The number of fused-ring (bicyclic) bond motifs is 4. The summed E-state index contributed by atoms with van der Waals surface area (Å²) in [5.74, 6) is 0. The first kappa shape index (κ1) is 31.0. The number of furan rings is 1. The maximum atomic E-state index is 6.16. The van der Waals surface area contributed by atoms with E-state index in [2.05, 4.69) is 88.4 Å². The molecule has 5 nitrogen and oxygen atoms in total. The van der Waals surface area contributed by atoms with E-state index in [9.17, 15) is 0 Å². The van der Waals surface area contributed by atoms with E-state index in [1.807, 2.05) is 81.0 Å². The Morgan fingerprint density at radius 1 is 0.674 bits per heavy atom. The molecule has 8 aromatic rings. The van der Waals surface area contributed by atoms with Crippen molar-refractivity contribution in [2.45, 2.75) is 27.7 Å². The largest absolute Gasteiger partial charge is 0.486 e. The summed E-state index contributed by atoms with van der Waals surface area (Å²) < 4.78 is 6.16. The van der Waals surface area contributed by atoms with Crippen molar-refractivity contribution in [3.8, 4) is 33.6 Å². The van der Waals surface area contributed by atoms with Gasteiger partial charge in [0.2, 0.25) is 5.71 Å². The number of benzene rings is 3. The Labute approximate surface area is 281 Å². The van der Waals surface area contributed by atoms with Crippen LogP contribution in [0.1, 0.15) is 22.4 Å². The molecule has 0 bridgehead atoms. The molecule has 0 aliphatic rings. The van der Waals surface area contributed by atoms with Gasteiger partial charge in [-0.1, -0.05) is 48.2 Å². The average molecular weight is 775 g/mol. The molecule has 0 N–H and O–H groups in total. The van der Waals surface area contributed by atoms with E-state index < -0.39 is 0 Å². The van der Waals surface area contributed by atoms with E-state index in [0.717, 1.165) is 61.0 Å². The fourth-order valence-corrected chi connectivity index (χ4v) is 5.54. The second kappa shape index (κ2) is 13.1. The molecule has 6 heteroatoms. The third-order valence-corrected chi connectivity index (χ3v) is 7.97. The Balaban J connectivity index is 0.000000209. The van der Waals surface area contributed by atoms with Gasteiger partial charge >= 0.3 is 0 Å². The minimum Gasteiger partial charge on any atom is -0.486 e. The topological polar surface area (TPSA) is 64.7 Å². The van der Waals surface area contributed by atoms with Crippen LogP contribution in [0, 0.1) is 39.8 Å². The average Bonchev–Trinajstić information content (AvgIpc) is 3.44. The minimum absolute atomic E-state index is 0. The third-order valence-electron chi connectivity index (χ3n) is 7.97. The number of pyridine rings is 4. The van der Waals surface area contributed by atoms with Crippen molar-refractivity contribution in [3.05, 3.63) is 144 Å². The standard InChI is InChI=1S/C27H18N3O.C13H12N.Ir/c1-16-8-9-22-21-5-3-6-23(26(21)31-27(22)30-16)25-15-18(12-14-29-25)19-10-11-24-20(17(19)2)7-4-13-28-24;1-10-3-6-12(7-4-10)13-8-5-11(2)9-14-13;/h3-5,7-15H,1-2H3;3-6,8-9H,1-2H3;/q2*-1;. The number of hydrogen-bond acceptors (Lipinski definition) is 5. The summed E-state index contributed by atoms with van der Waals surface area (Å²) in [6.07, 6.45) is 5.55. The van der Waals surface area contributed by atoms with E-state index in [0.29, 0.717) is 5.71 Å². The molecular weight excluding hydrogens is 745 g/mol. The molecule has 3 aromatic carbocycles. The summed E-state index contributed by atoms with van der Waals surface area (Å²) in [6, 6.07) is 37.2. The van der Waals surface area contributed by atoms with Crippen LogP contribution >= 0.6 is 0 Å². The van der Waals surface area contributed by atoms with Crippen molar-refractivity contribution in [2.24, 2.45) is 0 Å². The Kier molecular flexibility index (Phi) is 8.85. The van der Waals surface area contributed by atoms with Gasteiger partial charge in [0.15, 0.2) is 0 Å². The zero-order chi connectivity index (χ0) is 30.9. The molecule has 46 heavy (non-hydrogen) atoms. The van der Waals surface area contributed by atoms with Gasteiger partial charge in [0.25, 0.3) is 0 Å². The number of aryl methyl sites for hydroxylation is 4. The monoisotopic (exact) mass is 775 g/mol. The van der Waals surface area contributed by atoms with Gasteiger partial charge in [0, 0.05) is 55.2 Å². The smallest absolute Gasteiger partial charge is 0.216 e. The van der Waals surface area contributed by atoms with Gasteiger partial charge in [-0.2, -0.15) is 0 Å². The normalized spacial score (nSPS) is 10.9. The van der Waals surface area contributed by atoms with Crippen LogP contribution in [0.15, 0.2) is 114 Å². The SMILES string of the molecule is Cc1c[c-]c(-c2ccc(C)cn2)cc1.Cc1ccc2c(n1)oc1c(-c3cc(-c4ccc5ncccc5c4C)ccn3)[c-]ccc12.[Ir]. The quantitative estimate of drug-likeness (QED) is 0.167. The molecule has 0 atom stereocenters. The summed E-state index contributed by atoms with van der Waals surface area (Å²) in [5, 5.41) is 3.19. The molecule has 1 radical (unpaired) electrons. The maximum absolute atomic E-state index is 6.16. The second-order valence-electron chi connectivity index (χ2n) is 11.2. The molecule has 0 saturated heterocycles. The van der Waals surface area contributed by atoms with Crippen LogP contribution in [0.4, 0.5) is 0 Å². The minimum atomic E-state index is 0. The number of nitrogens with zero attached hydrogens (tertiary/aromatic N) is 4. The molecule has 0 amide bonds. The summed E-state index contributed by atoms with van der Waals surface area (Å²) in [6.45, 7) is 8.20. The fourth-order valence-electron chi connectivity index (χ4n) is 5.54. The maximum Gasteiger partial charge on any atom is 0.216 e. The Bertz CT molecular complexity index is 2270. The molecule has 0 fully saturated rings. The van der Waals surface area contributed by atoms with Gasteiger partial charge in [-0.3, -0.25) is 4.98 Å². The van der Waals surface area contributed by atoms with Crippen LogP contribution in [-0.2, 0) is 20.1 Å². The molecule has 5 aromatic heterocycles. The van der Waals surface area contributed by atoms with Gasteiger partial charge in [-0.25, -0.2) is 4.98 Å². The zero-order valence-electron chi connectivity index (χ0n) is 25.9. The first-order valence-corrected chi connectivity index (χ1v) is 14.9. The molecule has 227 valence electrons. The van der Waals surface area contributed by atoms with Crippen molar-refractivity contribution < 1.29 is 24.5 Å². The molecule has 0 aliphatic heterocycles. The van der Waals surface area contributed by atoms with Crippen LogP contribution in [-0.4, -0.2) is 19.9 Å². The summed E-state index contributed by atoms with van der Waals surface area (Å²) >= 11 is 0. The van der Waals surface area contributed by atoms with Crippen molar-refractivity contribution in [2.75, 3.05) is 0 Å². The van der Waals surface area contributed by atoms with E-state index in [1.165, 1.54) is 22.3 Å². The Morgan fingerprint density at radius 3 is 2.35 bits per heavy atom. The fraction of sp³-hybridized carbons (Fsp3) is 0.100. The first-order chi connectivity index (χ1) is 21.9. The summed E-state index contributed by atoms with van der Waals surface area (Å²) in [7, 11) is 0. The van der Waals surface area contributed by atoms with Crippen molar-refractivity contribution in [1.82, 2.24) is 19.9 Å². The van der Waals surface area contributed by atoms with Crippen LogP contribution in [0.5, 0.6) is 0 Å². The first-order valence-electron chi connectivity index (χ1n) is 14.9. The molecule has 0 saturated carbocycles. The van der Waals surface area contributed by atoms with E-state index in [-0.39, 0.29) is 20.1 Å². The van der Waals surface area contributed by atoms with Crippen LogP contribution < -0.4 is 0 Å². The summed E-state index contributed by atoms with van der Waals surface area (Å²) in [4.78, 5) is 18.0. The van der Waals surface area contributed by atoms with Gasteiger partial charge in [0.05, 0.1) is 11.1 Å². The van der Waals surface area contributed by atoms with Gasteiger partial charge in [-0.15, -0.1) is 53.6 Å². The molecule has 0 spiro atoms. The molecule has 0 unspecified atom stereocenters. The van der Waals surface area contributed by atoms with E-state index in [1.54, 1.807) is 0 Å². The Hall–Kier alpha value is -5.03.